The molecule has 0 saturated heterocycles. The van der Waals surface area contributed by atoms with Crippen LogP contribution in [-0.4, -0.2) is 13.0 Å². The van der Waals surface area contributed by atoms with E-state index in [2.05, 4.69) is 5.32 Å². The van der Waals surface area contributed by atoms with Crippen LogP contribution < -0.4 is 15.8 Å². The number of hydrogen-bond donors (Lipinski definition) is 2. The van der Waals surface area contributed by atoms with Crippen LogP contribution in [0.1, 0.15) is 28.9 Å². The lowest BCUT2D eigenvalue weighted by atomic mass is 10.1. The maximum Gasteiger partial charge on any atom is 0.255 e. The van der Waals surface area contributed by atoms with Crippen molar-refractivity contribution < 1.29 is 9.53 Å². The fourth-order valence-corrected chi connectivity index (χ4v) is 2.22. The van der Waals surface area contributed by atoms with Crippen LogP contribution >= 0.6 is 11.6 Å². The molecule has 0 fully saturated rings. The van der Waals surface area contributed by atoms with Gasteiger partial charge in [-0.05, 0) is 42.8 Å². The molecule has 0 saturated carbocycles. The van der Waals surface area contributed by atoms with Crippen LogP contribution in [0.2, 0.25) is 5.02 Å². The molecule has 21 heavy (non-hydrogen) atoms. The molecule has 0 aliphatic heterocycles. The van der Waals surface area contributed by atoms with E-state index in [1.54, 1.807) is 24.3 Å². The molecule has 2 aromatic rings. The van der Waals surface area contributed by atoms with Gasteiger partial charge in [0, 0.05) is 10.7 Å². The van der Waals surface area contributed by atoms with Crippen molar-refractivity contribution in [3.05, 3.63) is 58.6 Å². The van der Waals surface area contributed by atoms with Gasteiger partial charge in [0.15, 0.2) is 0 Å². The van der Waals surface area contributed by atoms with Crippen molar-refractivity contribution in [1.29, 1.82) is 0 Å². The molecule has 0 aliphatic carbocycles. The topological polar surface area (TPSA) is 64.3 Å². The highest BCUT2D eigenvalue weighted by Crippen LogP contribution is 2.24. The number of nitrogen functional groups attached to an aromatic ring is 1. The summed E-state index contributed by atoms with van der Waals surface area (Å²) >= 11 is 5.94. The zero-order chi connectivity index (χ0) is 15.4. The number of hydrogen-bond acceptors (Lipinski definition) is 3. The number of ether oxygens (including phenoxy) is 1. The summed E-state index contributed by atoms with van der Waals surface area (Å²) in [5.74, 6) is 0.237. The average molecular weight is 305 g/mol. The number of nitrogens with two attached hydrogens (primary N) is 1. The van der Waals surface area contributed by atoms with Gasteiger partial charge in [0.25, 0.3) is 5.91 Å². The van der Waals surface area contributed by atoms with Crippen molar-refractivity contribution in [1.82, 2.24) is 5.32 Å². The van der Waals surface area contributed by atoms with E-state index in [1.165, 1.54) is 7.11 Å². The molecule has 2 aromatic carbocycles. The molecule has 1 amide bonds. The number of nitrogens with one attached hydrogen (secondary N) is 1. The predicted molar refractivity (Wildman–Crippen MR) is 84.7 cm³/mol. The van der Waals surface area contributed by atoms with Crippen molar-refractivity contribution in [2.75, 3.05) is 12.8 Å². The Morgan fingerprint density at radius 2 is 2.05 bits per heavy atom. The lowest BCUT2D eigenvalue weighted by molar-refractivity contribution is 0.0937. The second kappa shape index (κ2) is 6.50. The number of amides is 1. The highest BCUT2D eigenvalue weighted by molar-refractivity contribution is 6.31. The van der Waals surface area contributed by atoms with E-state index in [4.69, 9.17) is 22.1 Å². The zero-order valence-electron chi connectivity index (χ0n) is 11.9. The molecule has 0 heterocycles. The largest absolute Gasteiger partial charge is 0.496 e. The van der Waals surface area contributed by atoms with Gasteiger partial charge in [-0.3, -0.25) is 4.79 Å². The number of carbonyl (C=O) groups excluding carboxylic acids is 1. The lowest BCUT2D eigenvalue weighted by Gasteiger charge is -2.16. The summed E-state index contributed by atoms with van der Waals surface area (Å²) in [6.07, 6.45) is 0. The van der Waals surface area contributed by atoms with Gasteiger partial charge < -0.3 is 15.8 Å². The van der Waals surface area contributed by atoms with Gasteiger partial charge in [-0.15, -0.1) is 0 Å². The first-order valence-corrected chi connectivity index (χ1v) is 6.89. The molecule has 4 nitrogen and oxygen atoms in total. The van der Waals surface area contributed by atoms with E-state index in [0.717, 1.165) is 5.56 Å². The smallest absolute Gasteiger partial charge is 0.255 e. The Morgan fingerprint density at radius 3 is 2.71 bits per heavy atom. The first-order valence-electron chi connectivity index (χ1n) is 6.51. The summed E-state index contributed by atoms with van der Waals surface area (Å²) < 4.78 is 5.19. The number of halogens is 1. The summed E-state index contributed by atoms with van der Waals surface area (Å²) in [5.41, 5.74) is 7.75. The van der Waals surface area contributed by atoms with Gasteiger partial charge in [0.05, 0.1) is 18.7 Å². The lowest BCUT2D eigenvalue weighted by Crippen LogP contribution is -2.27. The second-order valence-corrected chi connectivity index (χ2v) is 5.15. The number of methoxy groups -OCH3 is 1. The third-order valence-corrected chi connectivity index (χ3v) is 3.40. The Hall–Kier alpha value is -2.20. The van der Waals surface area contributed by atoms with Gasteiger partial charge >= 0.3 is 0 Å². The first kappa shape index (κ1) is 15.2. The molecule has 0 bridgehead atoms. The van der Waals surface area contributed by atoms with Crippen molar-refractivity contribution in [2.45, 2.75) is 13.0 Å². The molecule has 3 N–H and O–H groups in total. The number of anilines is 1. The third kappa shape index (κ3) is 3.67. The Bertz CT molecular complexity index is 658. The summed E-state index contributed by atoms with van der Waals surface area (Å²) in [5, 5.41) is 3.39. The Morgan fingerprint density at radius 1 is 1.29 bits per heavy atom. The molecule has 110 valence electrons. The van der Waals surface area contributed by atoms with E-state index in [-0.39, 0.29) is 11.9 Å². The van der Waals surface area contributed by atoms with Gasteiger partial charge in [0.1, 0.15) is 5.75 Å². The zero-order valence-corrected chi connectivity index (χ0v) is 12.6. The quantitative estimate of drug-likeness (QED) is 0.851. The Kier molecular flexibility index (Phi) is 4.70. The molecule has 0 spiro atoms. The predicted octanol–water partition coefficient (Wildman–Crippen LogP) is 3.42. The number of rotatable bonds is 4. The van der Waals surface area contributed by atoms with Crippen molar-refractivity contribution >= 4 is 23.2 Å². The molecule has 2 rings (SSSR count). The minimum Gasteiger partial charge on any atom is -0.496 e. The summed E-state index contributed by atoms with van der Waals surface area (Å²) in [7, 11) is 1.52. The van der Waals surface area contributed by atoms with Crippen LogP contribution in [0.3, 0.4) is 0 Å². The summed E-state index contributed by atoms with van der Waals surface area (Å²) in [6, 6.07) is 12.2. The molecule has 0 aromatic heterocycles. The van der Waals surface area contributed by atoms with E-state index in [9.17, 15) is 4.79 Å². The number of carbonyl (C=O) groups is 1. The molecule has 0 radical (unpaired) electrons. The highest BCUT2D eigenvalue weighted by Gasteiger charge is 2.16. The SMILES string of the molecule is COc1ccc(Cl)cc1C(=O)NC(C)c1cccc(N)c1. The van der Waals surface area contributed by atoms with Gasteiger partial charge in [-0.25, -0.2) is 0 Å². The van der Waals surface area contributed by atoms with Gasteiger partial charge in [-0.1, -0.05) is 23.7 Å². The Labute approximate surface area is 128 Å². The van der Waals surface area contributed by atoms with E-state index in [1.807, 2.05) is 25.1 Å². The maximum atomic E-state index is 12.4. The van der Waals surface area contributed by atoms with Gasteiger partial charge in [0.2, 0.25) is 0 Å². The monoisotopic (exact) mass is 304 g/mol. The average Bonchev–Trinajstić information content (AvgIpc) is 2.47. The molecule has 5 heteroatoms. The molecule has 0 aliphatic rings. The van der Waals surface area contributed by atoms with Gasteiger partial charge in [-0.2, -0.15) is 0 Å². The highest BCUT2D eigenvalue weighted by atomic mass is 35.5. The van der Waals surface area contributed by atoms with Crippen LogP contribution in [0.25, 0.3) is 0 Å². The third-order valence-electron chi connectivity index (χ3n) is 3.16. The van der Waals surface area contributed by atoms with Crippen LogP contribution in [-0.2, 0) is 0 Å². The van der Waals surface area contributed by atoms with Crippen LogP contribution in [0.5, 0.6) is 5.75 Å². The molecule has 1 atom stereocenters. The van der Waals surface area contributed by atoms with Crippen molar-refractivity contribution in [2.24, 2.45) is 0 Å². The molecular formula is C16H17ClN2O2. The second-order valence-electron chi connectivity index (χ2n) is 4.71. The van der Waals surface area contributed by atoms with Crippen LogP contribution in [0.4, 0.5) is 5.69 Å². The van der Waals surface area contributed by atoms with Crippen LogP contribution in [0.15, 0.2) is 42.5 Å². The minimum absolute atomic E-state index is 0.176. The Balaban J connectivity index is 2.20. The summed E-state index contributed by atoms with van der Waals surface area (Å²) in [6.45, 7) is 1.89. The fourth-order valence-electron chi connectivity index (χ4n) is 2.04. The van der Waals surface area contributed by atoms with Crippen LogP contribution in [0, 0.1) is 0 Å². The van der Waals surface area contributed by atoms with E-state index in [0.29, 0.717) is 22.0 Å². The fraction of sp³-hybridized carbons (Fsp3) is 0.188. The molecular weight excluding hydrogens is 288 g/mol. The standard InChI is InChI=1S/C16H17ClN2O2/c1-10(11-4-3-5-13(18)8-11)19-16(20)14-9-12(17)6-7-15(14)21-2/h3-10H,18H2,1-2H3,(H,19,20). The van der Waals surface area contributed by atoms with E-state index >= 15 is 0 Å². The van der Waals surface area contributed by atoms with Crippen molar-refractivity contribution in [3.8, 4) is 5.75 Å². The number of benzene rings is 2. The minimum atomic E-state index is -0.246. The summed E-state index contributed by atoms with van der Waals surface area (Å²) in [4.78, 5) is 12.4. The van der Waals surface area contributed by atoms with Crippen molar-refractivity contribution in [3.63, 3.8) is 0 Å². The molecule has 1 unspecified atom stereocenters. The first-order chi connectivity index (χ1) is 10.0. The van der Waals surface area contributed by atoms with E-state index < -0.39 is 0 Å². The maximum absolute atomic E-state index is 12.4. The normalized spacial score (nSPS) is 11.8.